The number of nitrogens with one attached hydrogen (secondary N) is 1. The van der Waals surface area contributed by atoms with Crippen LogP contribution in [0.1, 0.15) is 16.1 Å². The van der Waals surface area contributed by atoms with Crippen LogP contribution < -0.4 is 9.84 Å². The van der Waals surface area contributed by atoms with Gasteiger partial charge in [0, 0.05) is 11.8 Å². The number of carbonyl (C=O) groups excluding carboxylic acids is 2. The average Bonchev–Trinajstić information content (AvgIpc) is 2.53. The summed E-state index contributed by atoms with van der Waals surface area (Å²) >= 11 is 0. The number of anilines is 1. The average molecular weight is 352 g/mol. The first-order valence-corrected chi connectivity index (χ1v) is 8.09. The van der Waals surface area contributed by atoms with E-state index in [9.17, 15) is 14.2 Å². The van der Waals surface area contributed by atoms with Gasteiger partial charge < -0.3 is 9.26 Å². The number of rotatable bonds is 6. The van der Waals surface area contributed by atoms with Crippen LogP contribution in [0.3, 0.4) is 0 Å². The zero-order chi connectivity index (χ0) is 17.6. The summed E-state index contributed by atoms with van der Waals surface area (Å²) in [6, 6.07) is 8.93. The molecule has 0 unspecified atom stereocenters. The van der Waals surface area contributed by atoms with Crippen molar-refractivity contribution >= 4 is 25.9 Å². The minimum Gasteiger partial charge on any atom is -0.444 e. The lowest BCUT2D eigenvalue weighted by atomic mass is 10.2. The van der Waals surface area contributed by atoms with E-state index in [-0.39, 0.29) is 29.3 Å². The van der Waals surface area contributed by atoms with Crippen LogP contribution in [0.25, 0.3) is 0 Å². The Bertz CT molecular complexity index is 790. The van der Waals surface area contributed by atoms with E-state index in [1.807, 2.05) is 0 Å². The minimum absolute atomic E-state index is 0.0414. The molecule has 0 atom stereocenters. The number of para-hydroxylation sites is 1. The molecule has 1 amide bonds. The predicted molar refractivity (Wildman–Crippen MR) is 82.5 cm³/mol. The summed E-state index contributed by atoms with van der Waals surface area (Å²) in [6.07, 6.45) is 1.02. The van der Waals surface area contributed by atoms with Crippen molar-refractivity contribution in [3.63, 3.8) is 0 Å². The van der Waals surface area contributed by atoms with Gasteiger partial charge in [0.2, 0.25) is 0 Å². The summed E-state index contributed by atoms with van der Waals surface area (Å²) in [7, 11) is -4.73. The van der Waals surface area contributed by atoms with Crippen molar-refractivity contribution in [2.45, 2.75) is 6.61 Å². The number of phosphoric acid groups is 1. The number of benzene rings is 1. The molecular formula is C14H13N2O7P. The van der Waals surface area contributed by atoms with Gasteiger partial charge in [0.1, 0.15) is 18.1 Å². The Hall–Kier alpha value is -2.74. The van der Waals surface area contributed by atoms with Crippen molar-refractivity contribution in [1.29, 1.82) is 0 Å². The molecule has 126 valence electrons. The number of nitrogens with zero attached hydrogens (tertiary/aromatic N) is 1. The Morgan fingerprint density at radius 3 is 2.71 bits per heavy atom. The molecular weight excluding hydrogens is 339 g/mol. The Morgan fingerprint density at radius 2 is 2.00 bits per heavy atom. The van der Waals surface area contributed by atoms with Gasteiger partial charge in [0.15, 0.2) is 6.29 Å². The van der Waals surface area contributed by atoms with E-state index in [1.165, 1.54) is 36.5 Å². The molecule has 0 aliphatic carbocycles. The maximum absolute atomic E-state index is 11.8. The summed E-state index contributed by atoms with van der Waals surface area (Å²) in [4.78, 5) is 44.1. The van der Waals surface area contributed by atoms with Gasteiger partial charge in [-0.1, -0.05) is 18.2 Å². The standard InChI is InChI=1S/C14H13N2O7P/c17-8-12-11(5-3-7-15-12)16-14(18)22-9-10-4-1-2-6-13(10)23-24(19,20)21/h1-8H,9H2,(H,16,18)(H2,19,20,21). The molecule has 9 nitrogen and oxygen atoms in total. The van der Waals surface area contributed by atoms with Gasteiger partial charge in [-0.2, -0.15) is 0 Å². The molecule has 2 rings (SSSR count). The first-order chi connectivity index (χ1) is 11.4. The molecule has 0 saturated carbocycles. The van der Waals surface area contributed by atoms with Crippen LogP contribution in [0, 0.1) is 0 Å². The quantitative estimate of drug-likeness (QED) is 0.531. The third-order valence-corrected chi connectivity index (χ3v) is 3.17. The van der Waals surface area contributed by atoms with Crippen LogP contribution >= 0.6 is 7.82 Å². The van der Waals surface area contributed by atoms with Crippen molar-refractivity contribution in [3.8, 4) is 5.75 Å². The SMILES string of the molecule is O=Cc1ncccc1NC(=O)OCc1ccccc1OP(=O)(O)O. The highest BCUT2D eigenvalue weighted by Gasteiger charge is 2.18. The number of ether oxygens (including phenoxy) is 1. The molecule has 0 bridgehead atoms. The van der Waals surface area contributed by atoms with Gasteiger partial charge in [-0.15, -0.1) is 0 Å². The normalized spacial score (nSPS) is 10.8. The lowest BCUT2D eigenvalue weighted by Crippen LogP contribution is -2.15. The summed E-state index contributed by atoms with van der Waals surface area (Å²) < 4.78 is 20.4. The summed E-state index contributed by atoms with van der Waals surface area (Å²) in [5.74, 6) is -0.103. The molecule has 0 aliphatic rings. The second-order valence-corrected chi connectivity index (χ2v) is 5.61. The zero-order valence-electron chi connectivity index (χ0n) is 12.2. The van der Waals surface area contributed by atoms with Crippen molar-refractivity contribution in [2.75, 3.05) is 5.32 Å². The number of amides is 1. The van der Waals surface area contributed by atoms with Crippen LogP contribution in [-0.2, 0) is 15.9 Å². The van der Waals surface area contributed by atoms with Crippen LogP contribution in [0.4, 0.5) is 10.5 Å². The number of aromatic nitrogens is 1. The van der Waals surface area contributed by atoms with Gasteiger partial charge in [-0.25, -0.2) is 9.36 Å². The van der Waals surface area contributed by atoms with Crippen molar-refractivity contribution < 1.29 is 33.2 Å². The Kier molecular flexibility index (Phi) is 5.64. The number of aldehydes is 1. The van der Waals surface area contributed by atoms with E-state index < -0.39 is 13.9 Å². The second-order valence-electron chi connectivity index (χ2n) is 4.44. The number of hydrogen-bond donors (Lipinski definition) is 3. The van der Waals surface area contributed by atoms with E-state index >= 15 is 0 Å². The molecule has 0 aliphatic heterocycles. The summed E-state index contributed by atoms with van der Waals surface area (Å²) in [5, 5.41) is 2.35. The van der Waals surface area contributed by atoms with E-state index in [1.54, 1.807) is 6.07 Å². The third-order valence-electron chi connectivity index (χ3n) is 2.74. The Balaban J connectivity index is 2.02. The highest BCUT2D eigenvalue weighted by atomic mass is 31.2. The summed E-state index contributed by atoms with van der Waals surface area (Å²) in [5.41, 5.74) is 0.481. The molecule has 0 spiro atoms. The molecule has 10 heteroatoms. The van der Waals surface area contributed by atoms with Crippen LogP contribution in [0.2, 0.25) is 0 Å². The Labute approximate surface area is 136 Å². The van der Waals surface area contributed by atoms with Crippen LogP contribution in [0.5, 0.6) is 5.75 Å². The minimum atomic E-state index is -4.73. The molecule has 0 radical (unpaired) electrons. The fourth-order valence-electron chi connectivity index (χ4n) is 1.75. The van der Waals surface area contributed by atoms with E-state index in [0.717, 1.165) is 0 Å². The molecule has 24 heavy (non-hydrogen) atoms. The summed E-state index contributed by atoms with van der Waals surface area (Å²) in [6.45, 7) is -0.293. The number of carbonyl (C=O) groups is 2. The lowest BCUT2D eigenvalue weighted by molar-refractivity contribution is 0.112. The lowest BCUT2D eigenvalue weighted by Gasteiger charge is -2.12. The highest BCUT2D eigenvalue weighted by Crippen LogP contribution is 2.39. The van der Waals surface area contributed by atoms with E-state index in [0.29, 0.717) is 6.29 Å². The maximum Gasteiger partial charge on any atom is 0.524 e. The van der Waals surface area contributed by atoms with Crippen LogP contribution in [0.15, 0.2) is 42.6 Å². The molecule has 1 aromatic carbocycles. The molecule has 3 N–H and O–H groups in total. The van der Waals surface area contributed by atoms with Gasteiger partial charge in [0.25, 0.3) is 0 Å². The van der Waals surface area contributed by atoms with Crippen LogP contribution in [-0.4, -0.2) is 27.2 Å². The molecule has 0 saturated heterocycles. The van der Waals surface area contributed by atoms with Gasteiger partial charge >= 0.3 is 13.9 Å². The van der Waals surface area contributed by atoms with Crippen molar-refractivity contribution in [1.82, 2.24) is 4.98 Å². The third kappa shape index (κ3) is 5.17. The van der Waals surface area contributed by atoms with Gasteiger partial charge in [-0.3, -0.25) is 24.9 Å². The number of phosphoric ester groups is 1. The number of hydrogen-bond acceptors (Lipinski definition) is 6. The topological polar surface area (TPSA) is 135 Å². The smallest absolute Gasteiger partial charge is 0.444 e. The van der Waals surface area contributed by atoms with Crippen molar-refractivity contribution in [3.05, 3.63) is 53.9 Å². The van der Waals surface area contributed by atoms with Crippen molar-refractivity contribution in [2.24, 2.45) is 0 Å². The number of pyridine rings is 1. The van der Waals surface area contributed by atoms with E-state index in [2.05, 4.69) is 14.8 Å². The second kappa shape index (κ2) is 7.69. The maximum atomic E-state index is 11.8. The van der Waals surface area contributed by atoms with Gasteiger partial charge in [0.05, 0.1) is 5.69 Å². The highest BCUT2D eigenvalue weighted by molar-refractivity contribution is 7.46. The first kappa shape index (κ1) is 17.6. The monoisotopic (exact) mass is 352 g/mol. The molecule has 2 aromatic rings. The fourth-order valence-corrected chi connectivity index (χ4v) is 2.18. The largest absolute Gasteiger partial charge is 0.524 e. The first-order valence-electron chi connectivity index (χ1n) is 6.56. The molecule has 1 heterocycles. The molecule has 0 fully saturated rings. The zero-order valence-corrected chi connectivity index (χ0v) is 13.1. The van der Waals surface area contributed by atoms with E-state index in [4.69, 9.17) is 14.5 Å². The predicted octanol–water partition coefficient (Wildman–Crippen LogP) is 2.11. The fraction of sp³-hybridized carbons (Fsp3) is 0.0714. The molecule has 1 aromatic heterocycles. The Morgan fingerprint density at radius 1 is 1.25 bits per heavy atom. The van der Waals surface area contributed by atoms with Gasteiger partial charge in [-0.05, 0) is 18.2 Å².